The van der Waals surface area contributed by atoms with E-state index in [4.69, 9.17) is 16.3 Å². The van der Waals surface area contributed by atoms with Gasteiger partial charge in [0.05, 0.1) is 10.6 Å². The molecule has 1 amide bonds. The quantitative estimate of drug-likeness (QED) is 0.568. The number of nitrogens with one attached hydrogen (secondary N) is 1. The minimum Gasteiger partial charge on any atom is -0.457 e. The van der Waals surface area contributed by atoms with Crippen molar-refractivity contribution in [2.24, 2.45) is 0 Å². The highest BCUT2D eigenvalue weighted by molar-refractivity contribution is 9.10. The lowest BCUT2D eigenvalue weighted by Crippen LogP contribution is -2.13. The van der Waals surface area contributed by atoms with Crippen LogP contribution in [0.15, 0.2) is 77.3 Å². The Morgan fingerprint density at radius 2 is 1.67 bits per heavy atom. The monoisotopic (exact) mass is 401 g/mol. The van der Waals surface area contributed by atoms with Crippen molar-refractivity contribution in [1.82, 2.24) is 0 Å². The van der Waals surface area contributed by atoms with Gasteiger partial charge in [-0.2, -0.15) is 0 Å². The fraction of sp³-hybridized carbons (Fsp3) is 0. The number of anilines is 1. The Kier molecular flexibility index (Phi) is 5.18. The summed E-state index contributed by atoms with van der Waals surface area (Å²) in [5.41, 5.74) is 1.06. The molecule has 0 aliphatic carbocycles. The van der Waals surface area contributed by atoms with E-state index in [1.165, 1.54) is 0 Å². The van der Waals surface area contributed by atoms with Gasteiger partial charge in [0.15, 0.2) is 0 Å². The first-order valence-corrected chi connectivity index (χ1v) is 8.39. The van der Waals surface area contributed by atoms with Gasteiger partial charge in [0, 0.05) is 10.2 Å². The van der Waals surface area contributed by atoms with Gasteiger partial charge < -0.3 is 10.1 Å². The Bertz CT molecular complexity index is 868. The summed E-state index contributed by atoms with van der Waals surface area (Å²) < 4.78 is 6.59. The van der Waals surface area contributed by atoms with Crippen LogP contribution in [0.1, 0.15) is 10.4 Å². The van der Waals surface area contributed by atoms with Crippen LogP contribution in [0, 0.1) is 0 Å². The molecule has 120 valence electrons. The van der Waals surface area contributed by atoms with Crippen molar-refractivity contribution in [3.8, 4) is 11.5 Å². The fourth-order valence-corrected chi connectivity index (χ4v) is 2.56. The second kappa shape index (κ2) is 7.51. The Labute approximate surface area is 153 Å². The number of halogens is 2. The number of amides is 1. The summed E-state index contributed by atoms with van der Waals surface area (Å²) >= 11 is 9.38. The fourth-order valence-electron chi connectivity index (χ4n) is 2.13. The van der Waals surface area contributed by atoms with Crippen LogP contribution in [0.25, 0.3) is 0 Å². The predicted molar refractivity (Wildman–Crippen MR) is 100 cm³/mol. The number of benzene rings is 3. The van der Waals surface area contributed by atoms with E-state index in [0.29, 0.717) is 27.8 Å². The third-order valence-corrected chi connectivity index (χ3v) is 4.51. The highest BCUT2D eigenvalue weighted by Gasteiger charge is 2.13. The molecule has 0 radical (unpaired) electrons. The average Bonchev–Trinajstić information content (AvgIpc) is 2.59. The molecule has 0 saturated heterocycles. The van der Waals surface area contributed by atoms with Crippen LogP contribution in [0.3, 0.4) is 0 Å². The molecule has 0 spiro atoms. The minimum atomic E-state index is -0.264. The number of carbonyl (C=O) groups is 1. The van der Waals surface area contributed by atoms with Crippen molar-refractivity contribution in [2.45, 2.75) is 0 Å². The average molecular weight is 403 g/mol. The second-order valence-electron chi connectivity index (χ2n) is 4.99. The van der Waals surface area contributed by atoms with Crippen LogP contribution in [0.4, 0.5) is 5.69 Å². The van der Waals surface area contributed by atoms with Gasteiger partial charge in [-0.1, -0.05) is 41.9 Å². The lowest BCUT2D eigenvalue weighted by molar-refractivity contribution is 0.102. The van der Waals surface area contributed by atoms with Crippen LogP contribution < -0.4 is 10.1 Å². The zero-order valence-electron chi connectivity index (χ0n) is 12.5. The second-order valence-corrected chi connectivity index (χ2v) is 6.26. The normalized spacial score (nSPS) is 10.2. The first-order chi connectivity index (χ1) is 11.6. The summed E-state index contributed by atoms with van der Waals surface area (Å²) in [7, 11) is 0. The molecule has 24 heavy (non-hydrogen) atoms. The van der Waals surface area contributed by atoms with E-state index in [-0.39, 0.29) is 5.91 Å². The molecule has 5 heteroatoms. The summed E-state index contributed by atoms with van der Waals surface area (Å²) in [4.78, 5) is 12.6. The molecule has 0 unspecified atom stereocenters. The zero-order valence-corrected chi connectivity index (χ0v) is 14.8. The van der Waals surface area contributed by atoms with Crippen molar-refractivity contribution in [2.75, 3.05) is 5.32 Å². The summed E-state index contributed by atoms with van der Waals surface area (Å²) in [6.45, 7) is 0. The first-order valence-electron chi connectivity index (χ1n) is 7.22. The lowest BCUT2D eigenvalue weighted by Gasteiger charge is -2.12. The van der Waals surface area contributed by atoms with Gasteiger partial charge in [0.25, 0.3) is 5.91 Å². The van der Waals surface area contributed by atoms with E-state index < -0.39 is 0 Å². The summed E-state index contributed by atoms with van der Waals surface area (Å²) in [6.07, 6.45) is 0. The maximum absolute atomic E-state index is 12.6. The first kappa shape index (κ1) is 16.6. The van der Waals surface area contributed by atoms with Gasteiger partial charge in [0.2, 0.25) is 0 Å². The molecule has 0 fully saturated rings. The number of hydrogen-bond donors (Lipinski definition) is 1. The van der Waals surface area contributed by atoms with Crippen molar-refractivity contribution < 1.29 is 9.53 Å². The van der Waals surface area contributed by atoms with E-state index in [1.807, 2.05) is 36.4 Å². The minimum absolute atomic E-state index is 0.264. The number of hydrogen-bond acceptors (Lipinski definition) is 2. The zero-order chi connectivity index (χ0) is 16.9. The highest BCUT2D eigenvalue weighted by Crippen LogP contribution is 2.28. The highest BCUT2D eigenvalue weighted by atomic mass is 79.9. The van der Waals surface area contributed by atoms with Gasteiger partial charge in [-0.15, -0.1) is 0 Å². The lowest BCUT2D eigenvalue weighted by atomic mass is 10.2. The van der Waals surface area contributed by atoms with Gasteiger partial charge in [-0.3, -0.25) is 4.79 Å². The van der Waals surface area contributed by atoms with Crippen LogP contribution >= 0.6 is 27.5 Å². The number of para-hydroxylation sites is 2. The Morgan fingerprint density at radius 3 is 2.42 bits per heavy atom. The van der Waals surface area contributed by atoms with E-state index in [1.54, 1.807) is 36.4 Å². The molecule has 0 bridgehead atoms. The van der Waals surface area contributed by atoms with Gasteiger partial charge in [-0.25, -0.2) is 0 Å². The van der Waals surface area contributed by atoms with Crippen LogP contribution in [0.2, 0.25) is 5.02 Å². The molecule has 0 saturated carbocycles. The molecule has 1 N–H and O–H groups in total. The van der Waals surface area contributed by atoms with Gasteiger partial charge >= 0.3 is 0 Å². The number of carbonyl (C=O) groups excluding carboxylic acids is 1. The third-order valence-electron chi connectivity index (χ3n) is 3.28. The molecular weight excluding hydrogens is 390 g/mol. The largest absolute Gasteiger partial charge is 0.457 e. The molecule has 3 rings (SSSR count). The van der Waals surface area contributed by atoms with Gasteiger partial charge in [0.1, 0.15) is 11.5 Å². The SMILES string of the molecule is O=C(Nc1ccc(Br)c(Cl)c1)c1ccccc1Oc1ccccc1. The molecule has 3 aromatic carbocycles. The summed E-state index contributed by atoms with van der Waals surface area (Å²) in [5.74, 6) is 0.897. The van der Waals surface area contributed by atoms with E-state index in [2.05, 4.69) is 21.2 Å². The molecule has 3 aromatic rings. The number of ether oxygens (including phenoxy) is 1. The van der Waals surface area contributed by atoms with Crippen molar-refractivity contribution >= 4 is 39.1 Å². The molecule has 3 nitrogen and oxygen atoms in total. The smallest absolute Gasteiger partial charge is 0.259 e. The predicted octanol–water partition coefficient (Wildman–Crippen LogP) is 6.15. The molecule has 0 aromatic heterocycles. The van der Waals surface area contributed by atoms with Crippen LogP contribution in [-0.4, -0.2) is 5.91 Å². The summed E-state index contributed by atoms with van der Waals surface area (Å²) in [6, 6.07) is 21.7. The standard InChI is InChI=1S/C19H13BrClNO2/c20-16-11-10-13(12-17(16)21)22-19(23)15-8-4-5-9-18(15)24-14-6-2-1-3-7-14/h1-12H,(H,22,23). The molecular formula is C19H13BrClNO2. The van der Waals surface area contributed by atoms with E-state index in [9.17, 15) is 4.79 Å². The Hall–Kier alpha value is -2.30. The van der Waals surface area contributed by atoms with Crippen LogP contribution in [0.5, 0.6) is 11.5 Å². The maximum Gasteiger partial charge on any atom is 0.259 e. The molecule has 0 aliphatic heterocycles. The molecule has 0 aliphatic rings. The Balaban J connectivity index is 1.83. The van der Waals surface area contributed by atoms with Crippen molar-refractivity contribution in [1.29, 1.82) is 0 Å². The summed E-state index contributed by atoms with van der Waals surface area (Å²) in [5, 5.41) is 3.36. The topological polar surface area (TPSA) is 38.3 Å². The molecule has 0 heterocycles. The van der Waals surface area contributed by atoms with Crippen molar-refractivity contribution in [3.05, 3.63) is 87.9 Å². The Morgan fingerprint density at radius 1 is 0.958 bits per heavy atom. The van der Waals surface area contributed by atoms with Crippen LogP contribution in [-0.2, 0) is 0 Å². The third kappa shape index (κ3) is 3.96. The molecule has 0 atom stereocenters. The van der Waals surface area contributed by atoms with E-state index in [0.717, 1.165) is 4.47 Å². The van der Waals surface area contributed by atoms with Gasteiger partial charge in [-0.05, 0) is 58.4 Å². The number of rotatable bonds is 4. The van der Waals surface area contributed by atoms with Crippen molar-refractivity contribution in [3.63, 3.8) is 0 Å². The van der Waals surface area contributed by atoms with E-state index >= 15 is 0 Å². The maximum atomic E-state index is 12.6.